The minimum absolute atomic E-state index is 0.166. The zero-order valence-corrected chi connectivity index (χ0v) is 15.1. The second-order valence-electron chi connectivity index (χ2n) is 6.16. The molecule has 0 spiro atoms. The van der Waals surface area contributed by atoms with E-state index in [2.05, 4.69) is 47.0 Å². The second kappa shape index (κ2) is 8.30. The fourth-order valence-corrected chi connectivity index (χ4v) is 2.79. The maximum Gasteiger partial charge on any atom is 0.259 e. The lowest BCUT2D eigenvalue weighted by molar-refractivity contribution is -0.119. The Hall–Kier alpha value is -3.14. The first kappa shape index (κ1) is 17.7. The Kier molecular flexibility index (Phi) is 5.64. The summed E-state index contributed by atoms with van der Waals surface area (Å²) in [6.45, 7) is 4.18. The van der Waals surface area contributed by atoms with Gasteiger partial charge in [-0.1, -0.05) is 67.6 Å². The van der Waals surface area contributed by atoms with Crippen molar-refractivity contribution in [3.63, 3.8) is 0 Å². The van der Waals surface area contributed by atoms with Crippen LogP contribution in [0, 0.1) is 0 Å². The van der Waals surface area contributed by atoms with E-state index in [1.165, 1.54) is 5.56 Å². The molecule has 0 atom stereocenters. The first-order chi connectivity index (χ1) is 12.7. The molecular weight excluding hydrogens is 322 g/mol. The molecule has 0 heterocycles. The second-order valence-corrected chi connectivity index (χ2v) is 6.16. The minimum atomic E-state index is -0.178. The Morgan fingerprint density at radius 1 is 0.962 bits per heavy atom. The van der Waals surface area contributed by atoms with Crippen molar-refractivity contribution in [2.45, 2.75) is 20.3 Å². The lowest BCUT2D eigenvalue weighted by Crippen LogP contribution is -2.26. The number of rotatable bonds is 6. The normalized spacial score (nSPS) is 11.4. The predicted molar refractivity (Wildman–Crippen MR) is 109 cm³/mol. The summed E-state index contributed by atoms with van der Waals surface area (Å²) in [5.41, 5.74) is 6.62. The average molecular weight is 345 g/mol. The van der Waals surface area contributed by atoms with E-state index in [-0.39, 0.29) is 12.5 Å². The van der Waals surface area contributed by atoms with Crippen LogP contribution >= 0.6 is 0 Å². The number of nitrogens with zero attached hydrogens (tertiary/aromatic N) is 1. The molecule has 3 aromatic carbocycles. The average Bonchev–Trinajstić information content (AvgIpc) is 2.70. The minimum Gasteiger partial charge on any atom is -0.376 e. The molecular formula is C22H23N3O. The molecule has 3 aromatic rings. The third-order valence-corrected chi connectivity index (χ3v) is 4.36. The standard InChI is InChI=1S/C22H23N3O/c1-3-17-11-13-18(14-12-17)16(2)24-25-22(26)15-23-21-10-6-8-19-7-4-5-9-20(19)21/h4-14,23H,3,15H2,1-2H3,(H,25,26)/b24-16-. The number of hydrazone groups is 1. The van der Waals surface area contributed by atoms with E-state index in [1.54, 1.807) is 0 Å². The molecule has 0 bridgehead atoms. The summed E-state index contributed by atoms with van der Waals surface area (Å²) < 4.78 is 0. The van der Waals surface area contributed by atoms with Gasteiger partial charge in [-0.05, 0) is 35.9 Å². The number of carbonyl (C=O) groups is 1. The van der Waals surface area contributed by atoms with E-state index in [9.17, 15) is 4.79 Å². The SMILES string of the molecule is CCc1ccc(/C(C)=N\NC(=O)CNc2cccc3ccccc23)cc1. The molecule has 0 aliphatic carbocycles. The van der Waals surface area contributed by atoms with Crippen LogP contribution in [-0.2, 0) is 11.2 Å². The van der Waals surface area contributed by atoms with Crippen molar-refractivity contribution >= 4 is 28.1 Å². The lowest BCUT2D eigenvalue weighted by atomic mass is 10.1. The number of carbonyl (C=O) groups excluding carboxylic acids is 1. The molecule has 3 rings (SSSR count). The van der Waals surface area contributed by atoms with Crippen LogP contribution in [-0.4, -0.2) is 18.2 Å². The van der Waals surface area contributed by atoms with Gasteiger partial charge in [0, 0.05) is 11.1 Å². The van der Waals surface area contributed by atoms with Crippen LogP contribution in [0.4, 0.5) is 5.69 Å². The number of fused-ring (bicyclic) bond motifs is 1. The summed E-state index contributed by atoms with van der Waals surface area (Å²) in [5, 5.41) is 9.62. The fourth-order valence-electron chi connectivity index (χ4n) is 2.79. The number of hydrogen-bond acceptors (Lipinski definition) is 3. The van der Waals surface area contributed by atoms with Gasteiger partial charge < -0.3 is 5.32 Å². The van der Waals surface area contributed by atoms with Crippen LogP contribution in [0.1, 0.15) is 25.0 Å². The van der Waals surface area contributed by atoms with Crippen molar-refractivity contribution < 1.29 is 4.79 Å². The van der Waals surface area contributed by atoms with Crippen molar-refractivity contribution in [1.82, 2.24) is 5.43 Å². The highest BCUT2D eigenvalue weighted by Crippen LogP contribution is 2.22. The highest BCUT2D eigenvalue weighted by Gasteiger charge is 2.04. The van der Waals surface area contributed by atoms with Gasteiger partial charge in [-0.2, -0.15) is 5.10 Å². The molecule has 4 nitrogen and oxygen atoms in total. The molecule has 2 N–H and O–H groups in total. The summed E-state index contributed by atoms with van der Waals surface area (Å²) in [5.74, 6) is -0.178. The quantitative estimate of drug-likeness (QED) is 0.515. The third kappa shape index (κ3) is 4.28. The molecule has 4 heteroatoms. The molecule has 0 radical (unpaired) electrons. The van der Waals surface area contributed by atoms with Crippen LogP contribution < -0.4 is 10.7 Å². The first-order valence-electron chi connectivity index (χ1n) is 8.81. The molecule has 26 heavy (non-hydrogen) atoms. The monoisotopic (exact) mass is 345 g/mol. The number of hydrogen-bond donors (Lipinski definition) is 2. The van der Waals surface area contributed by atoms with Crippen LogP contribution in [0.5, 0.6) is 0 Å². The molecule has 0 aromatic heterocycles. The number of benzene rings is 3. The van der Waals surface area contributed by atoms with E-state index in [4.69, 9.17) is 0 Å². The molecule has 0 unspecified atom stereocenters. The Bertz CT molecular complexity index is 924. The van der Waals surface area contributed by atoms with Crippen molar-refractivity contribution in [1.29, 1.82) is 0 Å². The third-order valence-electron chi connectivity index (χ3n) is 4.36. The molecule has 0 saturated carbocycles. The van der Waals surface area contributed by atoms with Crippen molar-refractivity contribution in [2.75, 3.05) is 11.9 Å². The van der Waals surface area contributed by atoms with E-state index >= 15 is 0 Å². The summed E-state index contributed by atoms with van der Waals surface area (Å²) in [6.07, 6.45) is 1.01. The smallest absolute Gasteiger partial charge is 0.259 e. The molecule has 1 amide bonds. The van der Waals surface area contributed by atoms with Gasteiger partial charge in [-0.25, -0.2) is 5.43 Å². The molecule has 0 fully saturated rings. The zero-order valence-electron chi connectivity index (χ0n) is 15.1. The first-order valence-corrected chi connectivity index (χ1v) is 8.81. The van der Waals surface area contributed by atoms with E-state index in [1.807, 2.05) is 49.4 Å². The van der Waals surface area contributed by atoms with E-state index in [0.717, 1.165) is 34.2 Å². The van der Waals surface area contributed by atoms with Crippen molar-refractivity contribution in [2.24, 2.45) is 5.10 Å². The Morgan fingerprint density at radius 2 is 1.69 bits per heavy atom. The number of amides is 1. The Balaban J connectivity index is 1.59. The molecule has 0 aliphatic rings. The number of anilines is 1. The highest BCUT2D eigenvalue weighted by atomic mass is 16.2. The summed E-state index contributed by atoms with van der Waals surface area (Å²) in [7, 11) is 0. The Labute approximate surface area is 153 Å². The van der Waals surface area contributed by atoms with Crippen LogP contribution in [0.25, 0.3) is 10.8 Å². The van der Waals surface area contributed by atoms with Crippen molar-refractivity contribution in [3.8, 4) is 0 Å². The summed E-state index contributed by atoms with van der Waals surface area (Å²) >= 11 is 0. The van der Waals surface area contributed by atoms with E-state index in [0.29, 0.717) is 0 Å². The van der Waals surface area contributed by atoms with Gasteiger partial charge in [0.25, 0.3) is 5.91 Å². The fraction of sp³-hybridized carbons (Fsp3) is 0.182. The van der Waals surface area contributed by atoms with Crippen molar-refractivity contribution in [3.05, 3.63) is 77.9 Å². The van der Waals surface area contributed by atoms with Gasteiger partial charge in [-0.3, -0.25) is 4.79 Å². The predicted octanol–water partition coefficient (Wildman–Crippen LogP) is 4.35. The van der Waals surface area contributed by atoms with Gasteiger partial charge in [0.2, 0.25) is 0 Å². The maximum absolute atomic E-state index is 12.1. The molecule has 0 aliphatic heterocycles. The van der Waals surface area contributed by atoms with Gasteiger partial charge in [0.15, 0.2) is 0 Å². The highest BCUT2D eigenvalue weighted by molar-refractivity contribution is 5.99. The topological polar surface area (TPSA) is 53.5 Å². The Morgan fingerprint density at radius 3 is 2.46 bits per heavy atom. The molecule has 0 saturated heterocycles. The van der Waals surface area contributed by atoms with Gasteiger partial charge in [0.1, 0.15) is 0 Å². The van der Waals surface area contributed by atoms with Gasteiger partial charge in [0.05, 0.1) is 12.3 Å². The summed E-state index contributed by atoms with van der Waals surface area (Å²) in [6, 6.07) is 22.3. The number of nitrogens with one attached hydrogen (secondary N) is 2. The van der Waals surface area contributed by atoms with Gasteiger partial charge >= 0.3 is 0 Å². The molecule has 132 valence electrons. The number of aryl methyl sites for hydroxylation is 1. The van der Waals surface area contributed by atoms with Gasteiger partial charge in [-0.15, -0.1) is 0 Å². The van der Waals surface area contributed by atoms with Crippen LogP contribution in [0.2, 0.25) is 0 Å². The van der Waals surface area contributed by atoms with Crippen LogP contribution in [0.3, 0.4) is 0 Å². The largest absolute Gasteiger partial charge is 0.376 e. The maximum atomic E-state index is 12.1. The zero-order chi connectivity index (χ0) is 18.4. The summed E-state index contributed by atoms with van der Waals surface area (Å²) in [4.78, 5) is 12.1. The van der Waals surface area contributed by atoms with E-state index < -0.39 is 0 Å². The van der Waals surface area contributed by atoms with Crippen LogP contribution in [0.15, 0.2) is 71.8 Å². The lowest BCUT2D eigenvalue weighted by Gasteiger charge is -2.09.